The molecule has 53 heavy (non-hydrogen) atoms. The van der Waals surface area contributed by atoms with Crippen molar-refractivity contribution in [1.29, 1.82) is 0 Å². The molecule has 0 saturated carbocycles. The van der Waals surface area contributed by atoms with E-state index in [2.05, 4.69) is 122 Å². The van der Waals surface area contributed by atoms with E-state index in [1.165, 1.54) is 30.9 Å². The van der Waals surface area contributed by atoms with Gasteiger partial charge in [0.1, 0.15) is 23.2 Å². The van der Waals surface area contributed by atoms with E-state index >= 15 is 0 Å². The fourth-order valence-corrected chi connectivity index (χ4v) is 9.03. The molecule has 8 heteroatoms. The molecule has 0 aliphatic carbocycles. The topological polar surface area (TPSA) is 97.2 Å². The Labute approximate surface area is 318 Å². The number of carbonyl (C=O) groups excluding carboxylic acids is 3. The smallest absolute Gasteiger partial charge is 0.221 e. The van der Waals surface area contributed by atoms with Crippen LogP contribution >= 0.6 is 0 Å². The van der Waals surface area contributed by atoms with Gasteiger partial charge in [0.05, 0.1) is 12.5 Å². The molecule has 5 rings (SSSR count). The van der Waals surface area contributed by atoms with Gasteiger partial charge in [-0.25, -0.2) is 0 Å². The Morgan fingerprint density at radius 2 is 1.55 bits per heavy atom. The van der Waals surface area contributed by atoms with Crippen molar-refractivity contribution in [3.63, 3.8) is 0 Å². The molecule has 2 fully saturated rings. The molecule has 1 N–H and O–H groups in total. The number of nitrogens with one attached hydrogen (secondary N) is 1. The number of ketones is 2. The summed E-state index contributed by atoms with van der Waals surface area (Å²) in [4.78, 5) is 39.6. The van der Waals surface area contributed by atoms with Crippen LogP contribution in [0.25, 0.3) is 0 Å². The summed E-state index contributed by atoms with van der Waals surface area (Å²) in [5.41, 5.74) is 3.47. The minimum atomic E-state index is -0.117. The van der Waals surface area contributed by atoms with Gasteiger partial charge in [-0.2, -0.15) is 0 Å². The number of benzene rings is 2. The van der Waals surface area contributed by atoms with E-state index in [0.29, 0.717) is 43.3 Å². The highest BCUT2D eigenvalue weighted by molar-refractivity contribution is 5.97. The third-order valence-corrected chi connectivity index (χ3v) is 12.0. The monoisotopic (exact) mass is 724 g/mol. The Hall–Kier alpha value is -3.65. The number of fused-ring (bicyclic) bond motifs is 2. The number of hydrogen-bond acceptors (Lipinski definition) is 6. The molecule has 3 heterocycles. The lowest BCUT2D eigenvalue weighted by molar-refractivity contribution is -0.126. The standard InChI is InChI=1S/C45H65N5O3/c1-31(2)43-48-47-33(4)50(43)39-28-37-20-21-38(29-39)49(37)26-23-41(35-13-10-9-11-14-35)46-42(53)30-44(5,6)24-12-25-45(7,8)36-18-15-34(16-19-36)17-22-40(52)27-32(3)51/h9-11,13-16,18-19,31,37-39,41H,12,17,20-30H2,1-8H3,(H,46,53). The average molecular weight is 724 g/mol. The Kier molecular flexibility index (Phi) is 13.5. The zero-order valence-electron chi connectivity index (χ0n) is 33.8. The Morgan fingerprint density at radius 1 is 0.887 bits per heavy atom. The quantitative estimate of drug-likeness (QED) is 0.124. The number of rotatable bonds is 19. The van der Waals surface area contributed by atoms with Gasteiger partial charge in [0, 0.05) is 43.4 Å². The van der Waals surface area contributed by atoms with E-state index in [1.807, 2.05) is 6.07 Å². The van der Waals surface area contributed by atoms with E-state index in [4.69, 9.17) is 0 Å². The van der Waals surface area contributed by atoms with Crippen LogP contribution in [0.3, 0.4) is 0 Å². The maximum absolute atomic E-state index is 13.7. The molecule has 2 aliphatic heterocycles. The number of amides is 1. The van der Waals surface area contributed by atoms with Gasteiger partial charge in [0.25, 0.3) is 0 Å². The molecule has 0 radical (unpaired) electrons. The zero-order valence-corrected chi connectivity index (χ0v) is 33.8. The summed E-state index contributed by atoms with van der Waals surface area (Å²) in [6, 6.07) is 20.7. The van der Waals surface area contributed by atoms with Crippen LogP contribution in [-0.4, -0.2) is 55.8 Å². The molecule has 3 aromatic rings. The minimum absolute atomic E-state index is 0.00118. The molecule has 288 valence electrons. The summed E-state index contributed by atoms with van der Waals surface area (Å²) < 4.78 is 2.42. The van der Waals surface area contributed by atoms with Crippen molar-refractivity contribution in [2.75, 3.05) is 6.54 Å². The van der Waals surface area contributed by atoms with Crippen LogP contribution < -0.4 is 5.32 Å². The van der Waals surface area contributed by atoms with Gasteiger partial charge in [0.2, 0.25) is 5.91 Å². The number of aryl methyl sites for hydroxylation is 2. The lowest BCUT2D eigenvalue weighted by Crippen LogP contribution is -2.45. The lowest BCUT2D eigenvalue weighted by Gasteiger charge is -2.40. The van der Waals surface area contributed by atoms with Crippen LogP contribution in [0.1, 0.15) is 165 Å². The Bertz CT molecular complexity index is 1660. The van der Waals surface area contributed by atoms with Crippen LogP contribution in [0.2, 0.25) is 0 Å². The molecule has 2 aliphatic rings. The fraction of sp³-hybridized carbons (Fsp3) is 0.622. The van der Waals surface area contributed by atoms with Crippen LogP contribution in [0.4, 0.5) is 0 Å². The van der Waals surface area contributed by atoms with Crippen LogP contribution in [-0.2, 0) is 26.2 Å². The summed E-state index contributed by atoms with van der Waals surface area (Å²) in [5.74, 6) is 2.57. The SMILES string of the molecule is CC(=O)CC(=O)CCc1ccc(C(C)(C)CCCC(C)(C)CC(=O)NC(CCN2C3CCC2CC(n2c(C)nnc2C(C)C)C3)c2ccccc2)cc1. The Balaban J connectivity index is 1.12. The van der Waals surface area contributed by atoms with E-state index in [0.717, 1.165) is 62.3 Å². The van der Waals surface area contributed by atoms with Crippen molar-refractivity contribution in [2.24, 2.45) is 5.41 Å². The third-order valence-electron chi connectivity index (χ3n) is 12.0. The molecular weight excluding hydrogens is 659 g/mol. The van der Waals surface area contributed by atoms with Crippen molar-refractivity contribution < 1.29 is 14.4 Å². The van der Waals surface area contributed by atoms with Crippen molar-refractivity contribution in [1.82, 2.24) is 25.0 Å². The molecular formula is C45H65N5O3. The molecule has 1 aromatic heterocycles. The van der Waals surface area contributed by atoms with Crippen molar-refractivity contribution in [3.8, 4) is 0 Å². The van der Waals surface area contributed by atoms with Crippen molar-refractivity contribution >= 4 is 17.5 Å². The highest BCUT2D eigenvalue weighted by Gasteiger charge is 2.42. The Morgan fingerprint density at radius 3 is 2.17 bits per heavy atom. The third kappa shape index (κ3) is 11.0. The van der Waals surface area contributed by atoms with Crippen LogP contribution in [0.5, 0.6) is 0 Å². The molecule has 2 saturated heterocycles. The second-order valence-electron chi connectivity index (χ2n) is 17.9. The van der Waals surface area contributed by atoms with Crippen LogP contribution in [0.15, 0.2) is 54.6 Å². The second-order valence-corrected chi connectivity index (χ2v) is 17.9. The summed E-state index contributed by atoms with van der Waals surface area (Å²) in [7, 11) is 0. The average Bonchev–Trinajstić information content (AvgIpc) is 3.60. The zero-order chi connectivity index (χ0) is 38.3. The van der Waals surface area contributed by atoms with Gasteiger partial charge in [-0.3, -0.25) is 19.3 Å². The number of aromatic nitrogens is 3. The van der Waals surface area contributed by atoms with Gasteiger partial charge in [-0.1, -0.05) is 103 Å². The van der Waals surface area contributed by atoms with Crippen LogP contribution in [0, 0.1) is 12.3 Å². The normalized spacial score (nSPS) is 19.8. The summed E-state index contributed by atoms with van der Waals surface area (Å²) in [6.07, 6.45) is 10.3. The molecule has 8 nitrogen and oxygen atoms in total. The summed E-state index contributed by atoms with van der Waals surface area (Å²) >= 11 is 0. The van der Waals surface area contributed by atoms with Gasteiger partial charge >= 0.3 is 0 Å². The second kappa shape index (κ2) is 17.7. The van der Waals surface area contributed by atoms with Gasteiger partial charge in [-0.05, 0) is 92.7 Å². The highest BCUT2D eigenvalue weighted by Crippen LogP contribution is 2.42. The highest BCUT2D eigenvalue weighted by atomic mass is 16.2. The summed E-state index contributed by atoms with van der Waals surface area (Å²) in [6.45, 7) is 18.0. The van der Waals surface area contributed by atoms with Crippen molar-refractivity contribution in [2.45, 2.75) is 168 Å². The van der Waals surface area contributed by atoms with Gasteiger partial charge < -0.3 is 9.88 Å². The first-order valence-electron chi connectivity index (χ1n) is 20.2. The lowest BCUT2D eigenvalue weighted by atomic mass is 9.76. The molecule has 1 amide bonds. The predicted octanol–water partition coefficient (Wildman–Crippen LogP) is 9.17. The molecule has 3 unspecified atom stereocenters. The molecule has 0 spiro atoms. The number of piperidine rings is 1. The maximum atomic E-state index is 13.7. The van der Waals surface area contributed by atoms with Crippen molar-refractivity contribution in [3.05, 3.63) is 82.9 Å². The predicted molar refractivity (Wildman–Crippen MR) is 213 cm³/mol. The fourth-order valence-electron chi connectivity index (χ4n) is 9.03. The van der Waals surface area contributed by atoms with Gasteiger partial charge in [-0.15, -0.1) is 10.2 Å². The number of hydrogen-bond donors (Lipinski definition) is 1. The maximum Gasteiger partial charge on any atom is 0.221 e. The summed E-state index contributed by atoms with van der Waals surface area (Å²) in [5, 5.41) is 12.5. The van der Waals surface area contributed by atoms with E-state index in [1.54, 1.807) is 0 Å². The van der Waals surface area contributed by atoms with Gasteiger partial charge in [0.15, 0.2) is 0 Å². The number of nitrogens with zero attached hydrogens (tertiary/aromatic N) is 4. The first-order valence-corrected chi connectivity index (χ1v) is 20.2. The molecule has 2 aromatic carbocycles. The molecule has 2 bridgehead atoms. The van der Waals surface area contributed by atoms with E-state index < -0.39 is 0 Å². The van der Waals surface area contributed by atoms with E-state index in [9.17, 15) is 14.4 Å². The number of carbonyl (C=O) groups is 3. The van der Waals surface area contributed by atoms with E-state index in [-0.39, 0.29) is 40.8 Å². The largest absolute Gasteiger partial charge is 0.349 e. The minimum Gasteiger partial charge on any atom is -0.349 e. The number of Topliss-reactive ketones (excluding diaryl/α,β-unsaturated/α-hetero) is 2. The first-order chi connectivity index (χ1) is 25.1. The first kappa shape index (κ1) is 40.5. The molecule has 3 atom stereocenters.